The van der Waals surface area contributed by atoms with Crippen molar-refractivity contribution in [1.29, 1.82) is 0 Å². The third-order valence-corrected chi connectivity index (χ3v) is 13.5. The molecule has 0 radical (unpaired) electrons. The molecule has 9 heteroatoms. The molecule has 7 nitrogen and oxygen atoms in total. The van der Waals surface area contributed by atoms with Gasteiger partial charge in [0.1, 0.15) is 6.10 Å². The minimum Gasteiger partial charge on any atom is -0.464 e. The number of esters is 1. The number of hydrogen-bond donors (Lipinski definition) is 0. The van der Waals surface area contributed by atoms with Gasteiger partial charge < -0.3 is 14.0 Å². The molecule has 1 aromatic carbocycles. The highest BCUT2D eigenvalue weighted by Crippen LogP contribution is 2.40. The number of methoxy groups -OCH3 is 1. The molecule has 1 aromatic rings. The molecule has 3 rings (SSSR count). The molecule has 2 aliphatic carbocycles. The molecule has 0 amide bonds. The number of carbonyl (C=O) groups is 1. The summed E-state index contributed by atoms with van der Waals surface area (Å²) in [6.07, 6.45) is 3.82. The molecule has 178 valence electrons. The van der Waals surface area contributed by atoms with Gasteiger partial charge in [0.25, 0.3) is 0 Å². The van der Waals surface area contributed by atoms with Crippen molar-refractivity contribution >= 4 is 29.8 Å². The molecular formula is C23H35NO6SSi. The van der Waals surface area contributed by atoms with E-state index in [1.165, 1.54) is 19.2 Å². The van der Waals surface area contributed by atoms with Gasteiger partial charge in [0.15, 0.2) is 23.9 Å². The van der Waals surface area contributed by atoms with Crippen molar-refractivity contribution in [2.45, 2.75) is 93.4 Å². The van der Waals surface area contributed by atoms with Crippen LogP contribution in [-0.4, -0.2) is 53.0 Å². The van der Waals surface area contributed by atoms with Crippen molar-refractivity contribution in [3.8, 4) is 0 Å². The molecule has 2 aliphatic rings. The number of nitrogens with zero attached hydrogens (tertiary/aromatic N) is 1. The number of oxime groups is 1. The van der Waals surface area contributed by atoms with Gasteiger partial charge in [0.05, 0.1) is 17.3 Å². The number of benzene rings is 1. The molecule has 0 saturated heterocycles. The van der Waals surface area contributed by atoms with Gasteiger partial charge in [-0.05, 0) is 55.9 Å². The lowest BCUT2D eigenvalue weighted by Crippen LogP contribution is -2.43. The van der Waals surface area contributed by atoms with Crippen molar-refractivity contribution in [2.75, 3.05) is 7.11 Å². The maximum absolute atomic E-state index is 12.4. The second-order valence-corrected chi connectivity index (χ2v) is 17.2. The summed E-state index contributed by atoms with van der Waals surface area (Å²) in [6.45, 7) is 11.1. The van der Waals surface area contributed by atoms with E-state index in [1.807, 2.05) is 0 Å². The fourth-order valence-electron chi connectivity index (χ4n) is 3.50. The topological polar surface area (TPSA) is 91.3 Å². The van der Waals surface area contributed by atoms with E-state index in [-0.39, 0.29) is 33.1 Å². The lowest BCUT2D eigenvalue weighted by Gasteiger charge is -2.38. The maximum atomic E-state index is 12.4. The van der Waals surface area contributed by atoms with E-state index in [4.69, 9.17) is 14.0 Å². The maximum Gasteiger partial charge on any atom is 0.360 e. The van der Waals surface area contributed by atoms with Gasteiger partial charge in [-0.3, -0.25) is 0 Å². The fourth-order valence-corrected chi connectivity index (χ4v) is 6.56. The molecule has 0 heterocycles. The number of rotatable bonds is 8. The molecule has 0 spiro atoms. The van der Waals surface area contributed by atoms with Crippen LogP contribution in [0.1, 0.15) is 58.4 Å². The van der Waals surface area contributed by atoms with Crippen molar-refractivity contribution in [3.05, 3.63) is 29.8 Å². The zero-order chi connectivity index (χ0) is 23.7. The van der Waals surface area contributed by atoms with Gasteiger partial charge in [0.2, 0.25) is 0 Å². The first-order valence-electron chi connectivity index (χ1n) is 11.2. The summed E-state index contributed by atoms with van der Waals surface area (Å²) in [7, 11) is -3.87. The first kappa shape index (κ1) is 24.9. The van der Waals surface area contributed by atoms with Crippen molar-refractivity contribution in [3.63, 3.8) is 0 Å². The predicted octanol–water partition coefficient (Wildman–Crippen LogP) is 4.46. The Hall–Kier alpha value is -1.71. The van der Waals surface area contributed by atoms with Crippen LogP contribution in [0.2, 0.25) is 18.1 Å². The minimum atomic E-state index is -3.29. The number of ether oxygens (including phenoxy) is 1. The van der Waals surface area contributed by atoms with Gasteiger partial charge >= 0.3 is 5.97 Å². The Kier molecular flexibility index (Phi) is 7.22. The van der Waals surface area contributed by atoms with E-state index < -0.39 is 24.1 Å². The zero-order valence-electron chi connectivity index (χ0n) is 19.9. The molecule has 0 aliphatic heterocycles. The van der Waals surface area contributed by atoms with E-state index in [0.29, 0.717) is 18.4 Å². The summed E-state index contributed by atoms with van der Waals surface area (Å²) >= 11 is 0. The Morgan fingerprint density at radius 1 is 1.03 bits per heavy atom. The second kappa shape index (κ2) is 9.27. The standard InChI is InChI=1S/C23H35NO6SSi/c1-23(2,3)32(5,6)30-18-10-9-17(15-18)29-24-21(22(25)28-4)16-7-11-19(12-8-16)31(26,27)20-13-14-20/h7-8,11-12,17-18,20H,9-10,13-15H2,1-6H3/b24-21+/t17-,18-/m1/s1. The van der Waals surface area contributed by atoms with Crippen LogP contribution in [0, 0.1) is 0 Å². The lowest BCUT2D eigenvalue weighted by molar-refractivity contribution is -0.132. The molecule has 2 fully saturated rings. The smallest absolute Gasteiger partial charge is 0.360 e. The Morgan fingerprint density at radius 3 is 2.16 bits per heavy atom. The monoisotopic (exact) mass is 481 g/mol. The van der Waals surface area contributed by atoms with E-state index in [1.54, 1.807) is 12.1 Å². The van der Waals surface area contributed by atoms with Crippen LogP contribution < -0.4 is 0 Å². The first-order chi connectivity index (χ1) is 14.8. The summed E-state index contributed by atoms with van der Waals surface area (Å²) < 4.78 is 36.2. The van der Waals surface area contributed by atoms with Crippen LogP contribution in [0.15, 0.2) is 34.3 Å². The van der Waals surface area contributed by atoms with Crippen molar-refractivity contribution in [1.82, 2.24) is 0 Å². The average molecular weight is 482 g/mol. The summed E-state index contributed by atoms with van der Waals surface area (Å²) in [5.41, 5.74) is 0.482. The average Bonchev–Trinajstić information content (AvgIpc) is 3.49. The largest absolute Gasteiger partial charge is 0.464 e. The lowest BCUT2D eigenvalue weighted by atomic mass is 10.1. The third-order valence-electron chi connectivity index (χ3n) is 6.70. The van der Waals surface area contributed by atoms with Crippen LogP contribution in [0.4, 0.5) is 0 Å². The molecule has 32 heavy (non-hydrogen) atoms. The SMILES string of the molecule is COC(=O)/C(=N/O[C@@H]1CC[C@@H](O[Si](C)(C)C(C)(C)C)C1)c1ccc(S(=O)(=O)C2CC2)cc1. The fraction of sp³-hybridized carbons (Fsp3) is 0.652. The van der Waals surface area contributed by atoms with Crippen molar-refractivity contribution < 1.29 is 27.2 Å². The molecular weight excluding hydrogens is 446 g/mol. The quantitative estimate of drug-likeness (QED) is 0.236. The highest BCUT2D eigenvalue weighted by atomic mass is 32.2. The van der Waals surface area contributed by atoms with Gasteiger partial charge in [-0.25, -0.2) is 13.2 Å². The van der Waals surface area contributed by atoms with E-state index in [2.05, 4.69) is 39.0 Å². The predicted molar refractivity (Wildman–Crippen MR) is 126 cm³/mol. The Labute approximate surface area is 192 Å². The van der Waals surface area contributed by atoms with Crippen LogP contribution >= 0.6 is 0 Å². The molecule has 0 aromatic heterocycles. The minimum absolute atomic E-state index is 0.0247. The van der Waals surface area contributed by atoms with Crippen LogP contribution in [0.5, 0.6) is 0 Å². The number of carbonyl (C=O) groups excluding carboxylic acids is 1. The summed E-state index contributed by atoms with van der Waals surface area (Å²) in [4.78, 5) is 18.3. The summed E-state index contributed by atoms with van der Waals surface area (Å²) in [6, 6.07) is 6.18. The van der Waals surface area contributed by atoms with Gasteiger partial charge in [-0.1, -0.05) is 38.1 Å². The normalized spacial score (nSPS) is 22.6. The number of hydrogen-bond acceptors (Lipinski definition) is 7. The molecule has 2 atom stereocenters. The van der Waals surface area contributed by atoms with E-state index in [0.717, 1.165) is 19.3 Å². The van der Waals surface area contributed by atoms with Crippen LogP contribution in [-0.2, 0) is 28.6 Å². The Morgan fingerprint density at radius 2 is 1.62 bits per heavy atom. The zero-order valence-corrected chi connectivity index (χ0v) is 21.7. The molecule has 0 unspecified atom stereocenters. The van der Waals surface area contributed by atoms with E-state index in [9.17, 15) is 13.2 Å². The molecule has 0 bridgehead atoms. The van der Waals surface area contributed by atoms with E-state index >= 15 is 0 Å². The highest BCUT2D eigenvalue weighted by Gasteiger charge is 2.41. The molecule has 2 saturated carbocycles. The Balaban J connectivity index is 1.68. The summed E-state index contributed by atoms with van der Waals surface area (Å²) in [5.74, 6) is -0.630. The number of sulfone groups is 1. The van der Waals surface area contributed by atoms with Gasteiger partial charge in [-0.15, -0.1) is 0 Å². The Bertz CT molecular complexity index is 961. The molecule has 0 N–H and O–H groups in total. The van der Waals surface area contributed by atoms with Gasteiger partial charge in [-0.2, -0.15) is 0 Å². The van der Waals surface area contributed by atoms with Gasteiger partial charge in [0, 0.05) is 18.1 Å². The van der Waals surface area contributed by atoms with Crippen LogP contribution in [0.25, 0.3) is 0 Å². The third kappa shape index (κ3) is 5.61. The van der Waals surface area contributed by atoms with Crippen LogP contribution in [0.3, 0.4) is 0 Å². The highest BCUT2D eigenvalue weighted by molar-refractivity contribution is 7.92. The van der Waals surface area contributed by atoms with Crippen molar-refractivity contribution in [2.24, 2.45) is 5.16 Å². The summed E-state index contributed by atoms with van der Waals surface area (Å²) in [5, 5.41) is 3.97. The second-order valence-electron chi connectivity index (χ2n) is 10.2. The first-order valence-corrected chi connectivity index (χ1v) is 15.6.